The average molecular weight is 1760 g/mol. The molecule has 3 atom stereocenters. The summed E-state index contributed by atoms with van der Waals surface area (Å²) < 4.78 is 39.5. The van der Waals surface area contributed by atoms with Crippen LogP contribution in [0.25, 0.3) is 52.0 Å². The van der Waals surface area contributed by atoms with Crippen LogP contribution in [-0.4, -0.2) is 134 Å². The van der Waals surface area contributed by atoms with Crippen molar-refractivity contribution in [1.82, 2.24) is 60.0 Å². The van der Waals surface area contributed by atoms with Gasteiger partial charge in [0.15, 0.2) is 17.1 Å². The van der Waals surface area contributed by atoms with Crippen molar-refractivity contribution in [2.24, 2.45) is 0 Å². The van der Waals surface area contributed by atoms with Gasteiger partial charge in [-0.05, 0) is 187 Å². The Balaban J connectivity index is 0.000000158. The summed E-state index contributed by atoms with van der Waals surface area (Å²) in [6.45, 7) is 9.28. The summed E-state index contributed by atoms with van der Waals surface area (Å²) in [7, 11) is 4.55. The van der Waals surface area contributed by atoms with Crippen LogP contribution >= 0.6 is 69.6 Å². The van der Waals surface area contributed by atoms with E-state index < -0.39 is 6.09 Å². The lowest BCUT2D eigenvalue weighted by molar-refractivity contribution is -0.144. The summed E-state index contributed by atoms with van der Waals surface area (Å²) in [5.41, 5.74) is 13.9. The van der Waals surface area contributed by atoms with Gasteiger partial charge in [0.2, 0.25) is 6.41 Å². The van der Waals surface area contributed by atoms with Gasteiger partial charge < -0.3 is 39.8 Å². The minimum atomic E-state index is -0.516. The summed E-state index contributed by atoms with van der Waals surface area (Å²) in [6, 6.07) is 64.6. The summed E-state index contributed by atoms with van der Waals surface area (Å²) in [5, 5.41) is 26.0. The lowest BCUT2D eigenvalue weighted by atomic mass is 9.97. The first kappa shape index (κ1) is 87.5. The number of nitrogens with zero attached hydrogens (tertiary/aromatic N) is 9. The van der Waals surface area contributed by atoms with Gasteiger partial charge in [-0.25, -0.2) is 23.2 Å². The first-order valence-corrected chi connectivity index (χ1v) is 41.0. The average Bonchev–Trinajstić information content (AvgIpc) is 1.61. The third-order valence-electron chi connectivity index (χ3n) is 20.4. The number of carbonyl (C=O) groups excluding carboxylic acids is 6. The van der Waals surface area contributed by atoms with E-state index >= 15 is 0 Å². The van der Waals surface area contributed by atoms with E-state index in [0.717, 1.165) is 68.0 Å². The van der Waals surface area contributed by atoms with E-state index in [1.54, 1.807) is 107 Å². The molecule has 3 aromatic heterocycles. The van der Waals surface area contributed by atoms with Crippen molar-refractivity contribution in [2.45, 2.75) is 65.5 Å². The van der Waals surface area contributed by atoms with Crippen LogP contribution < -0.4 is 25.4 Å². The Kier molecular flexibility index (Phi) is 28.6. The van der Waals surface area contributed by atoms with Crippen molar-refractivity contribution in [3.8, 4) is 28.6 Å². The number of hydrogen-bond donors (Lipinski definition) is 3. The van der Waals surface area contributed by atoms with Gasteiger partial charge in [0.1, 0.15) is 17.3 Å². The van der Waals surface area contributed by atoms with Gasteiger partial charge in [-0.2, -0.15) is 15.3 Å². The highest BCUT2D eigenvalue weighted by molar-refractivity contribution is 6.37. The fourth-order valence-corrected chi connectivity index (χ4v) is 16.0. The summed E-state index contributed by atoms with van der Waals surface area (Å²) >= 11 is 38.4. The van der Waals surface area contributed by atoms with Crippen molar-refractivity contribution in [3.05, 3.63) is 339 Å². The van der Waals surface area contributed by atoms with Crippen LogP contribution in [-0.2, 0) is 38.7 Å². The second-order valence-corrected chi connectivity index (χ2v) is 31.3. The maximum Gasteiger partial charge on any atom is 0.410 e. The molecule has 15 rings (SSSR count). The number of ether oxygens (including phenoxy) is 4. The molecule has 0 fully saturated rings. The van der Waals surface area contributed by atoms with Crippen molar-refractivity contribution in [1.29, 1.82) is 0 Å². The van der Waals surface area contributed by atoms with Crippen LogP contribution in [0.2, 0.25) is 30.1 Å². The Morgan fingerprint density at radius 1 is 0.443 bits per heavy atom. The van der Waals surface area contributed by atoms with E-state index in [1.165, 1.54) is 24.1 Å². The molecular formula is C93H83Cl6FN12O10. The number of benzene rings is 9. The number of esters is 1. The number of nitrogens with one attached hydrogen (secondary N) is 3. The standard InChI is InChI=1S/C32H29Cl2FN4O3.C31H28Cl2N4O4.C30H26Cl2N4O3/c1-3-42-29(40)19-38-17-23(15-21-9-12-25(35)13-10-21)31-26(18-38)30(32(41)36-20(2)22-7-5-4-6-8-22)37-39(31)28-14-11-24(33)16-27(28)34;1-19(21-7-5-4-6-8-21)34-30(38)28-25-18-36(31(39)41-3)17-22(15-20-9-12-24(40-2)13-10-20)29(25)37(35-28)27-14-11-23(32)16-26(27)33;1-19(21-6-4-3-5-7-21)33-30(38)28-25-17-35(18-37)16-22(14-20-8-11-24(39-2)12-9-20)29(25)36(34-28)27-13-10-23(31)15-26(27)32/h4-16,20H,3,17-19H2,1-2H3,(H,36,41);4-16,19H,17-18H2,1-3H3,(H,34,38);3-15,18-19H,16-17H2,1-2H3,(H,33,38)/b23-15+;22-15+;22-14+/t20-;2*19-/m111/s1. The zero-order chi connectivity index (χ0) is 86.4. The highest BCUT2D eigenvalue weighted by Crippen LogP contribution is 2.41. The number of hydrogen-bond acceptors (Lipinski definition) is 14. The quantitative estimate of drug-likeness (QED) is 0.0448. The first-order chi connectivity index (χ1) is 58.9. The van der Waals surface area contributed by atoms with E-state index in [2.05, 4.69) is 16.0 Å². The molecule has 12 aromatic rings. The Bertz CT molecular complexity index is 5950. The lowest BCUT2D eigenvalue weighted by Gasteiger charge is -2.29. The molecule has 9 aromatic carbocycles. The minimum absolute atomic E-state index is 0.0163. The Labute approximate surface area is 734 Å². The normalized spacial score (nSPS) is 14.6. The molecule has 22 nitrogen and oxygen atoms in total. The number of aromatic nitrogens is 6. The fraction of sp³-hybridized carbons (Fsp3) is 0.194. The molecule has 3 N–H and O–H groups in total. The molecule has 0 radical (unpaired) electrons. The Morgan fingerprint density at radius 2 is 0.795 bits per heavy atom. The second kappa shape index (κ2) is 39.9. The molecule has 0 saturated heterocycles. The number of halogens is 7. The van der Waals surface area contributed by atoms with Gasteiger partial charge in [0.25, 0.3) is 17.7 Å². The van der Waals surface area contributed by atoms with E-state index in [0.29, 0.717) is 94.1 Å². The molecule has 29 heteroatoms. The van der Waals surface area contributed by atoms with Crippen molar-refractivity contribution in [2.75, 3.05) is 54.1 Å². The molecule has 6 heterocycles. The maximum atomic E-state index is 13.8. The van der Waals surface area contributed by atoms with Crippen LogP contribution in [0, 0.1) is 5.82 Å². The second-order valence-electron chi connectivity index (χ2n) is 28.8. The molecule has 0 bridgehead atoms. The van der Waals surface area contributed by atoms with Gasteiger partial charge in [0, 0.05) is 51.4 Å². The molecule has 0 spiro atoms. The number of carbonyl (C=O) groups is 6. The number of fused-ring (bicyclic) bond motifs is 3. The Hall–Kier alpha value is -12.3. The van der Waals surface area contributed by atoms with Gasteiger partial charge in [0.05, 0.1) is 121 Å². The van der Waals surface area contributed by atoms with Gasteiger partial charge in [-0.1, -0.05) is 197 Å². The highest BCUT2D eigenvalue weighted by Gasteiger charge is 2.38. The van der Waals surface area contributed by atoms with Gasteiger partial charge in [-0.15, -0.1) is 0 Å². The van der Waals surface area contributed by atoms with Crippen LogP contribution in [0.1, 0.15) is 144 Å². The van der Waals surface area contributed by atoms with Gasteiger partial charge in [-0.3, -0.25) is 33.8 Å². The molecule has 0 saturated carbocycles. The summed E-state index contributed by atoms with van der Waals surface area (Å²) in [4.78, 5) is 83.5. The van der Waals surface area contributed by atoms with Crippen molar-refractivity contribution < 1.29 is 52.1 Å². The van der Waals surface area contributed by atoms with E-state index in [-0.39, 0.29) is 104 Å². The molecule has 5 amide bonds. The lowest BCUT2D eigenvalue weighted by Crippen LogP contribution is -2.36. The van der Waals surface area contributed by atoms with Crippen LogP contribution in [0.15, 0.2) is 218 Å². The fourth-order valence-electron chi connectivity index (χ4n) is 14.5. The molecule has 0 aliphatic carbocycles. The molecular weight excluding hydrogens is 1680 g/mol. The Morgan fingerprint density at radius 3 is 1.15 bits per heavy atom. The molecule has 3 aliphatic heterocycles. The van der Waals surface area contributed by atoms with Crippen molar-refractivity contribution in [3.63, 3.8) is 0 Å². The maximum absolute atomic E-state index is 13.8. The molecule has 0 unspecified atom stereocenters. The van der Waals surface area contributed by atoms with E-state index in [4.69, 9.17) is 104 Å². The zero-order valence-corrected chi connectivity index (χ0v) is 71.8. The summed E-state index contributed by atoms with van der Waals surface area (Å²) in [5.74, 6) is -0.364. The number of rotatable bonds is 21. The zero-order valence-electron chi connectivity index (χ0n) is 67.2. The number of methoxy groups -OCH3 is 3. The van der Waals surface area contributed by atoms with Crippen LogP contribution in [0.4, 0.5) is 9.18 Å². The van der Waals surface area contributed by atoms with E-state index in [1.807, 2.05) is 183 Å². The van der Waals surface area contributed by atoms with Crippen LogP contribution in [0.3, 0.4) is 0 Å². The van der Waals surface area contributed by atoms with E-state index in [9.17, 15) is 33.2 Å². The predicted molar refractivity (Wildman–Crippen MR) is 475 cm³/mol. The van der Waals surface area contributed by atoms with Crippen LogP contribution in [0.5, 0.6) is 11.5 Å². The smallest absolute Gasteiger partial charge is 0.410 e. The largest absolute Gasteiger partial charge is 0.497 e. The third kappa shape index (κ3) is 20.6. The SMILES string of the molecule is CCOC(=O)CN1C/C(=C\c2ccc(F)cc2)c2c(c(C(=O)N[C@H](C)c3ccccc3)nn2-c2ccc(Cl)cc2Cl)C1.COC(=O)N1C/C(=C\c2ccc(OC)cc2)c2c(c(C(=O)N[C@H](C)c3ccccc3)nn2-c2ccc(Cl)cc2Cl)C1.COc1ccc(/C=C2\CN(C=O)Cc3c(C(=O)N[C@H](C)c4ccccc4)nn(-c4ccc(Cl)cc4Cl)c32)cc1. The highest BCUT2D eigenvalue weighted by atomic mass is 35.5. The molecule has 122 heavy (non-hydrogen) atoms. The predicted octanol–water partition coefficient (Wildman–Crippen LogP) is 19.7. The summed E-state index contributed by atoms with van der Waals surface area (Å²) in [6.07, 6.45) is 6.09. The molecule has 624 valence electrons. The minimum Gasteiger partial charge on any atom is -0.497 e. The third-order valence-corrected chi connectivity index (χ3v) is 22.1. The van der Waals surface area contributed by atoms with Crippen molar-refractivity contribution >= 4 is 141 Å². The number of amides is 5. The monoisotopic (exact) mass is 1760 g/mol. The topological polar surface area (TPSA) is 239 Å². The first-order valence-electron chi connectivity index (χ1n) is 38.8. The molecule has 3 aliphatic rings. The van der Waals surface area contributed by atoms with Gasteiger partial charge >= 0.3 is 12.1 Å².